The van der Waals surface area contributed by atoms with Gasteiger partial charge in [0.1, 0.15) is 0 Å². The van der Waals surface area contributed by atoms with Crippen LogP contribution < -0.4 is 5.32 Å². The summed E-state index contributed by atoms with van der Waals surface area (Å²) in [6.45, 7) is 2.38. The molecule has 1 aromatic carbocycles. The van der Waals surface area contributed by atoms with Crippen molar-refractivity contribution < 1.29 is 9.32 Å². The Morgan fingerprint density at radius 3 is 2.76 bits per heavy atom. The smallest absolute Gasteiger partial charge is 0.290 e. The lowest BCUT2D eigenvalue weighted by Crippen LogP contribution is -2.25. The van der Waals surface area contributed by atoms with Crippen molar-refractivity contribution in [1.82, 2.24) is 10.5 Å². The highest BCUT2D eigenvalue weighted by atomic mass is 16.5. The van der Waals surface area contributed by atoms with Crippen molar-refractivity contribution in [2.24, 2.45) is 0 Å². The Balaban J connectivity index is 1.84. The minimum Gasteiger partial charge on any atom is -0.351 e. The molecular weight excluding hydrogens is 216 g/mol. The molecule has 4 nitrogen and oxygen atoms in total. The van der Waals surface area contributed by atoms with Crippen LogP contribution in [0.25, 0.3) is 0 Å². The lowest BCUT2D eigenvalue weighted by atomic mass is 10.1. The SMILES string of the molecule is Cc1cnoc1C(=O)NCCc1ccccc1. The van der Waals surface area contributed by atoms with Crippen molar-refractivity contribution in [3.05, 3.63) is 53.4 Å². The quantitative estimate of drug-likeness (QED) is 0.873. The Morgan fingerprint density at radius 2 is 2.12 bits per heavy atom. The van der Waals surface area contributed by atoms with E-state index in [1.165, 1.54) is 11.8 Å². The van der Waals surface area contributed by atoms with Crippen LogP contribution in [0.4, 0.5) is 0 Å². The van der Waals surface area contributed by atoms with E-state index in [2.05, 4.69) is 10.5 Å². The molecular formula is C13H14N2O2. The number of aryl methyl sites for hydroxylation is 1. The Hall–Kier alpha value is -2.10. The fraction of sp³-hybridized carbons (Fsp3) is 0.231. The number of amides is 1. The summed E-state index contributed by atoms with van der Waals surface area (Å²) in [6.07, 6.45) is 2.34. The number of nitrogens with one attached hydrogen (secondary N) is 1. The molecule has 0 saturated heterocycles. The largest absolute Gasteiger partial charge is 0.351 e. The summed E-state index contributed by atoms with van der Waals surface area (Å²) < 4.78 is 4.87. The second-order valence-electron chi connectivity index (χ2n) is 3.83. The Bertz CT molecular complexity index is 491. The van der Waals surface area contributed by atoms with Gasteiger partial charge in [-0.15, -0.1) is 0 Å². The molecule has 0 aliphatic heterocycles. The highest BCUT2D eigenvalue weighted by molar-refractivity contribution is 5.92. The van der Waals surface area contributed by atoms with Crippen molar-refractivity contribution >= 4 is 5.91 Å². The molecule has 4 heteroatoms. The van der Waals surface area contributed by atoms with Crippen molar-refractivity contribution in [3.63, 3.8) is 0 Å². The van der Waals surface area contributed by atoms with Crippen LogP contribution in [0.15, 0.2) is 41.1 Å². The van der Waals surface area contributed by atoms with Crippen molar-refractivity contribution in [3.8, 4) is 0 Å². The molecule has 1 N–H and O–H groups in total. The predicted octanol–water partition coefficient (Wildman–Crippen LogP) is 1.96. The second-order valence-corrected chi connectivity index (χ2v) is 3.83. The van der Waals surface area contributed by atoms with Gasteiger partial charge in [-0.3, -0.25) is 4.79 Å². The number of hydrogen-bond donors (Lipinski definition) is 1. The molecule has 0 aliphatic carbocycles. The van der Waals surface area contributed by atoms with Crippen LogP contribution in [0.3, 0.4) is 0 Å². The number of hydrogen-bond acceptors (Lipinski definition) is 3. The zero-order valence-corrected chi connectivity index (χ0v) is 9.64. The summed E-state index contributed by atoms with van der Waals surface area (Å²) >= 11 is 0. The number of nitrogens with zero attached hydrogens (tertiary/aromatic N) is 1. The Kier molecular flexibility index (Phi) is 3.55. The van der Waals surface area contributed by atoms with E-state index in [9.17, 15) is 4.79 Å². The first kappa shape index (κ1) is 11.4. The van der Waals surface area contributed by atoms with Gasteiger partial charge in [0.2, 0.25) is 5.76 Å². The van der Waals surface area contributed by atoms with E-state index in [1.807, 2.05) is 30.3 Å². The fourth-order valence-corrected chi connectivity index (χ4v) is 1.55. The average Bonchev–Trinajstić information content (AvgIpc) is 2.77. The van der Waals surface area contributed by atoms with Crippen molar-refractivity contribution in [2.75, 3.05) is 6.54 Å². The monoisotopic (exact) mass is 230 g/mol. The van der Waals surface area contributed by atoms with Crippen LogP contribution in [0, 0.1) is 6.92 Å². The van der Waals surface area contributed by atoms with Gasteiger partial charge in [-0.25, -0.2) is 0 Å². The molecule has 1 heterocycles. The molecule has 1 amide bonds. The van der Waals surface area contributed by atoms with Crippen LogP contribution in [0.2, 0.25) is 0 Å². The second kappa shape index (κ2) is 5.30. The van der Waals surface area contributed by atoms with Gasteiger partial charge >= 0.3 is 0 Å². The van der Waals surface area contributed by atoms with E-state index in [-0.39, 0.29) is 11.7 Å². The van der Waals surface area contributed by atoms with Gasteiger partial charge in [0.15, 0.2) is 0 Å². The van der Waals surface area contributed by atoms with Gasteiger partial charge in [0.05, 0.1) is 6.20 Å². The highest BCUT2D eigenvalue weighted by Crippen LogP contribution is 2.05. The van der Waals surface area contributed by atoms with Crippen molar-refractivity contribution in [1.29, 1.82) is 0 Å². The molecule has 17 heavy (non-hydrogen) atoms. The summed E-state index contributed by atoms with van der Waals surface area (Å²) in [6, 6.07) is 10.0. The van der Waals surface area contributed by atoms with E-state index in [1.54, 1.807) is 6.92 Å². The molecule has 0 radical (unpaired) electrons. The van der Waals surface area contributed by atoms with Gasteiger partial charge in [-0.2, -0.15) is 0 Å². The van der Waals surface area contributed by atoms with Crippen LogP contribution in [-0.4, -0.2) is 17.6 Å². The van der Waals surface area contributed by atoms with Gasteiger partial charge < -0.3 is 9.84 Å². The molecule has 2 aromatic rings. The lowest BCUT2D eigenvalue weighted by Gasteiger charge is -2.03. The van der Waals surface area contributed by atoms with Crippen LogP contribution in [0.5, 0.6) is 0 Å². The zero-order chi connectivity index (χ0) is 12.1. The molecule has 0 fully saturated rings. The molecule has 0 atom stereocenters. The summed E-state index contributed by atoms with van der Waals surface area (Å²) in [4.78, 5) is 11.7. The third kappa shape index (κ3) is 2.93. The summed E-state index contributed by atoms with van der Waals surface area (Å²) in [5.41, 5.74) is 1.95. The van der Waals surface area contributed by atoms with Gasteiger partial charge in [-0.1, -0.05) is 35.5 Å². The normalized spacial score (nSPS) is 10.2. The van der Waals surface area contributed by atoms with Gasteiger partial charge in [0.25, 0.3) is 5.91 Å². The third-order valence-electron chi connectivity index (χ3n) is 2.50. The van der Waals surface area contributed by atoms with E-state index < -0.39 is 0 Å². The molecule has 1 aromatic heterocycles. The summed E-state index contributed by atoms with van der Waals surface area (Å²) in [5, 5.41) is 6.37. The highest BCUT2D eigenvalue weighted by Gasteiger charge is 2.12. The van der Waals surface area contributed by atoms with Crippen LogP contribution in [-0.2, 0) is 6.42 Å². The van der Waals surface area contributed by atoms with E-state index in [4.69, 9.17) is 4.52 Å². The van der Waals surface area contributed by atoms with Crippen LogP contribution >= 0.6 is 0 Å². The average molecular weight is 230 g/mol. The number of aromatic nitrogens is 1. The molecule has 0 aliphatic rings. The molecule has 0 bridgehead atoms. The van der Waals surface area contributed by atoms with Gasteiger partial charge in [0, 0.05) is 12.1 Å². The third-order valence-corrected chi connectivity index (χ3v) is 2.50. The minimum absolute atomic E-state index is 0.212. The fourth-order valence-electron chi connectivity index (χ4n) is 1.55. The number of benzene rings is 1. The molecule has 88 valence electrons. The first-order valence-corrected chi connectivity index (χ1v) is 5.51. The van der Waals surface area contributed by atoms with Gasteiger partial charge in [-0.05, 0) is 18.9 Å². The molecule has 0 unspecified atom stereocenters. The van der Waals surface area contributed by atoms with E-state index in [0.29, 0.717) is 6.54 Å². The molecule has 0 spiro atoms. The standard InChI is InChI=1S/C13H14N2O2/c1-10-9-15-17-12(10)13(16)14-8-7-11-5-3-2-4-6-11/h2-6,9H,7-8H2,1H3,(H,14,16). The van der Waals surface area contributed by atoms with E-state index >= 15 is 0 Å². The maximum atomic E-state index is 11.7. The zero-order valence-electron chi connectivity index (χ0n) is 9.64. The summed E-state index contributed by atoms with van der Waals surface area (Å²) in [5.74, 6) is 0.0778. The number of rotatable bonds is 4. The summed E-state index contributed by atoms with van der Waals surface area (Å²) in [7, 11) is 0. The van der Waals surface area contributed by atoms with Crippen molar-refractivity contribution in [2.45, 2.75) is 13.3 Å². The topological polar surface area (TPSA) is 55.1 Å². The Labute approximate surface area is 99.6 Å². The first-order chi connectivity index (χ1) is 8.27. The Morgan fingerprint density at radius 1 is 1.35 bits per heavy atom. The maximum absolute atomic E-state index is 11.7. The van der Waals surface area contributed by atoms with E-state index in [0.717, 1.165) is 12.0 Å². The lowest BCUT2D eigenvalue weighted by molar-refractivity contribution is 0.0916. The minimum atomic E-state index is -0.212. The molecule has 0 saturated carbocycles. The number of carbonyl (C=O) groups excluding carboxylic acids is 1. The maximum Gasteiger partial charge on any atom is 0.290 e. The predicted molar refractivity (Wildman–Crippen MR) is 63.7 cm³/mol. The molecule has 2 rings (SSSR count). The van der Waals surface area contributed by atoms with Crippen LogP contribution in [0.1, 0.15) is 21.7 Å². The number of carbonyl (C=O) groups is 1. The first-order valence-electron chi connectivity index (χ1n) is 5.51.